The summed E-state index contributed by atoms with van der Waals surface area (Å²) in [5, 5.41) is 3.52. The third-order valence-corrected chi connectivity index (χ3v) is 3.60. The maximum absolute atomic E-state index is 3.52. The predicted molar refractivity (Wildman–Crippen MR) is 67.1 cm³/mol. The zero-order valence-corrected chi connectivity index (χ0v) is 11.1. The van der Waals surface area contributed by atoms with E-state index in [0.717, 1.165) is 19.0 Å². The van der Waals surface area contributed by atoms with Crippen molar-refractivity contribution in [2.45, 2.75) is 47.1 Å². The fraction of sp³-hybridized carbons (Fsp3) is 1.00. The molecule has 1 fully saturated rings. The standard InChI is InChI=1S/C13H28N2/c1-6-11(2)10-15-8-7-14-9-12(15)13(3,4)5/h11-12,14H,6-10H2,1-5H3. The zero-order chi connectivity index (χ0) is 11.5. The van der Waals surface area contributed by atoms with Gasteiger partial charge in [-0.15, -0.1) is 0 Å². The molecule has 2 atom stereocenters. The highest BCUT2D eigenvalue weighted by atomic mass is 15.2. The van der Waals surface area contributed by atoms with Crippen LogP contribution in [0.25, 0.3) is 0 Å². The van der Waals surface area contributed by atoms with Crippen LogP contribution in [0.1, 0.15) is 41.0 Å². The van der Waals surface area contributed by atoms with E-state index in [9.17, 15) is 0 Å². The highest BCUT2D eigenvalue weighted by Gasteiger charge is 2.32. The molecular weight excluding hydrogens is 184 g/mol. The molecule has 1 aliphatic rings. The Balaban J connectivity index is 2.58. The van der Waals surface area contributed by atoms with Crippen molar-refractivity contribution in [3.8, 4) is 0 Å². The molecule has 0 saturated carbocycles. The Morgan fingerprint density at radius 1 is 1.40 bits per heavy atom. The quantitative estimate of drug-likeness (QED) is 0.772. The molecule has 1 N–H and O–H groups in total. The van der Waals surface area contributed by atoms with Crippen LogP contribution in [0.3, 0.4) is 0 Å². The van der Waals surface area contributed by atoms with Gasteiger partial charge in [0.05, 0.1) is 0 Å². The Bertz CT molecular complexity index is 183. The average molecular weight is 212 g/mol. The first-order valence-corrected chi connectivity index (χ1v) is 6.40. The summed E-state index contributed by atoms with van der Waals surface area (Å²) in [7, 11) is 0. The smallest absolute Gasteiger partial charge is 0.0269 e. The Kier molecular flexibility index (Phi) is 4.60. The normalized spacial score (nSPS) is 26.6. The van der Waals surface area contributed by atoms with Gasteiger partial charge in [-0.2, -0.15) is 0 Å². The summed E-state index contributed by atoms with van der Waals surface area (Å²) in [6.45, 7) is 16.5. The van der Waals surface area contributed by atoms with Gasteiger partial charge >= 0.3 is 0 Å². The number of piperazine rings is 1. The Hall–Kier alpha value is -0.0800. The van der Waals surface area contributed by atoms with Gasteiger partial charge < -0.3 is 5.32 Å². The molecule has 0 bridgehead atoms. The van der Waals surface area contributed by atoms with E-state index < -0.39 is 0 Å². The van der Waals surface area contributed by atoms with E-state index in [-0.39, 0.29) is 0 Å². The molecule has 0 aromatic rings. The van der Waals surface area contributed by atoms with Crippen molar-refractivity contribution in [2.24, 2.45) is 11.3 Å². The van der Waals surface area contributed by atoms with Gasteiger partial charge in [0.25, 0.3) is 0 Å². The molecule has 1 saturated heterocycles. The second kappa shape index (κ2) is 5.31. The highest BCUT2D eigenvalue weighted by Crippen LogP contribution is 2.26. The van der Waals surface area contributed by atoms with Crippen molar-refractivity contribution in [2.75, 3.05) is 26.2 Å². The predicted octanol–water partition coefficient (Wildman–Crippen LogP) is 2.35. The van der Waals surface area contributed by atoms with Gasteiger partial charge in [-0.25, -0.2) is 0 Å². The van der Waals surface area contributed by atoms with Crippen LogP contribution in [0.5, 0.6) is 0 Å². The minimum absolute atomic E-state index is 0.390. The molecule has 1 heterocycles. The van der Waals surface area contributed by atoms with E-state index in [4.69, 9.17) is 0 Å². The highest BCUT2D eigenvalue weighted by molar-refractivity contribution is 4.88. The van der Waals surface area contributed by atoms with Crippen LogP contribution in [0, 0.1) is 11.3 Å². The zero-order valence-electron chi connectivity index (χ0n) is 11.1. The van der Waals surface area contributed by atoms with Crippen molar-refractivity contribution in [3.05, 3.63) is 0 Å². The maximum Gasteiger partial charge on any atom is 0.0269 e. The van der Waals surface area contributed by atoms with E-state index in [1.54, 1.807) is 0 Å². The third kappa shape index (κ3) is 3.76. The minimum Gasteiger partial charge on any atom is -0.314 e. The van der Waals surface area contributed by atoms with Crippen molar-refractivity contribution in [1.29, 1.82) is 0 Å². The van der Waals surface area contributed by atoms with E-state index in [1.165, 1.54) is 19.5 Å². The van der Waals surface area contributed by atoms with Gasteiger partial charge in [0.1, 0.15) is 0 Å². The Labute approximate surface area is 95.4 Å². The Morgan fingerprint density at radius 2 is 2.07 bits per heavy atom. The largest absolute Gasteiger partial charge is 0.314 e. The molecule has 15 heavy (non-hydrogen) atoms. The molecule has 0 spiro atoms. The molecule has 1 rings (SSSR count). The van der Waals surface area contributed by atoms with Crippen molar-refractivity contribution in [1.82, 2.24) is 10.2 Å². The summed E-state index contributed by atoms with van der Waals surface area (Å²) in [6, 6.07) is 0.695. The first-order chi connectivity index (χ1) is 6.95. The lowest BCUT2D eigenvalue weighted by Crippen LogP contribution is -2.57. The summed E-state index contributed by atoms with van der Waals surface area (Å²) in [5.74, 6) is 0.827. The first-order valence-electron chi connectivity index (χ1n) is 6.40. The Morgan fingerprint density at radius 3 is 2.60 bits per heavy atom. The number of nitrogens with zero attached hydrogens (tertiary/aromatic N) is 1. The van der Waals surface area contributed by atoms with Crippen molar-refractivity contribution >= 4 is 0 Å². The molecule has 90 valence electrons. The van der Waals surface area contributed by atoms with Crippen LogP contribution in [-0.4, -0.2) is 37.1 Å². The summed E-state index contributed by atoms with van der Waals surface area (Å²) >= 11 is 0. The number of nitrogens with one attached hydrogen (secondary N) is 1. The van der Waals surface area contributed by atoms with E-state index in [1.807, 2.05) is 0 Å². The van der Waals surface area contributed by atoms with E-state index in [2.05, 4.69) is 44.8 Å². The van der Waals surface area contributed by atoms with E-state index >= 15 is 0 Å². The molecule has 2 unspecified atom stereocenters. The minimum atomic E-state index is 0.390. The van der Waals surface area contributed by atoms with Crippen molar-refractivity contribution in [3.63, 3.8) is 0 Å². The van der Waals surface area contributed by atoms with Gasteiger partial charge in [-0.3, -0.25) is 4.90 Å². The second-order valence-corrected chi connectivity index (χ2v) is 6.09. The number of rotatable bonds is 3. The maximum atomic E-state index is 3.52. The summed E-state index contributed by atoms with van der Waals surface area (Å²) in [5.41, 5.74) is 0.390. The van der Waals surface area contributed by atoms with Crippen LogP contribution < -0.4 is 5.32 Å². The number of hydrogen-bond donors (Lipinski definition) is 1. The van der Waals surface area contributed by atoms with Gasteiger partial charge in [0.15, 0.2) is 0 Å². The van der Waals surface area contributed by atoms with Crippen molar-refractivity contribution < 1.29 is 0 Å². The molecule has 2 heteroatoms. The average Bonchev–Trinajstić information content (AvgIpc) is 2.17. The third-order valence-electron chi connectivity index (χ3n) is 3.60. The SMILES string of the molecule is CCC(C)CN1CCNCC1C(C)(C)C. The van der Waals surface area contributed by atoms with Gasteiger partial charge in [0.2, 0.25) is 0 Å². The number of hydrogen-bond acceptors (Lipinski definition) is 2. The molecule has 0 aromatic carbocycles. The molecule has 0 aromatic heterocycles. The first kappa shape index (κ1) is 13.0. The van der Waals surface area contributed by atoms with E-state index in [0.29, 0.717) is 11.5 Å². The topological polar surface area (TPSA) is 15.3 Å². The van der Waals surface area contributed by atoms with Gasteiger partial charge in [-0.1, -0.05) is 41.0 Å². The fourth-order valence-corrected chi connectivity index (χ4v) is 2.35. The molecule has 1 aliphatic heterocycles. The summed E-state index contributed by atoms with van der Waals surface area (Å²) < 4.78 is 0. The van der Waals surface area contributed by atoms with Crippen LogP contribution >= 0.6 is 0 Å². The monoisotopic (exact) mass is 212 g/mol. The molecule has 0 aliphatic carbocycles. The van der Waals surface area contributed by atoms with Crippen LogP contribution in [0.2, 0.25) is 0 Å². The van der Waals surface area contributed by atoms with Gasteiger partial charge in [-0.05, 0) is 11.3 Å². The summed E-state index contributed by atoms with van der Waals surface area (Å²) in [4.78, 5) is 2.69. The molecule has 0 radical (unpaired) electrons. The van der Waals surface area contributed by atoms with Crippen LogP contribution in [0.4, 0.5) is 0 Å². The van der Waals surface area contributed by atoms with Crippen LogP contribution in [-0.2, 0) is 0 Å². The second-order valence-electron chi connectivity index (χ2n) is 6.09. The molecule has 2 nitrogen and oxygen atoms in total. The van der Waals surface area contributed by atoms with Crippen LogP contribution in [0.15, 0.2) is 0 Å². The summed E-state index contributed by atoms with van der Waals surface area (Å²) in [6.07, 6.45) is 1.29. The molecule has 0 amide bonds. The van der Waals surface area contributed by atoms with Gasteiger partial charge in [0, 0.05) is 32.2 Å². The lowest BCUT2D eigenvalue weighted by atomic mass is 9.84. The lowest BCUT2D eigenvalue weighted by Gasteiger charge is -2.44. The molecular formula is C13H28N2. The fourth-order valence-electron chi connectivity index (χ4n) is 2.35. The lowest BCUT2D eigenvalue weighted by molar-refractivity contribution is 0.0629.